The Morgan fingerprint density at radius 3 is 2.72 bits per heavy atom. The van der Waals surface area contributed by atoms with Crippen LogP contribution in [0.15, 0.2) is 30.3 Å². The van der Waals surface area contributed by atoms with E-state index in [1.54, 1.807) is 29.2 Å². The molecule has 2 aliphatic heterocycles. The predicted molar refractivity (Wildman–Crippen MR) is 100.0 cm³/mol. The van der Waals surface area contributed by atoms with Crippen molar-refractivity contribution in [2.75, 3.05) is 11.4 Å². The van der Waals surface area contributed by atoms with Gasteiger partial charge in [-0.3, -0.25) is 4.79 Å². The lowest BCUT2D eigenvalue weighted by atomic mass is 9.89. The molecule has 0 saturated carbocycles. The Morgan fingerprint density at radius 2 is 2.00 bits per heavy atom. The molecule has 0 radical (unpaired) electrons. The smallest absolute Gasteiger partial charge is 0.455 e. The number of ether oxygens (including phenoxy) is 1. The van der Waals surface area contributed by atoms with Crippen LogP contribution in [-0.4, -0.2) is 24.7 Å². The lowest BCUT2D eigenvalue weighted by Gasteiger charge is -2.42. The summed E-state index contributed by atoms with van der Waals surface area (Å²) in [5.74, 6) is -1.96. The van der Waals surface area contributed by atoms with Gasteiger partial charge in [-0.1, -0.05) is 29.8 Å². The SMILES string of the molecule is Cc1c(F)cc2c(c1Cl)N1CCCC(NC(=O)C(F)(F)F)[C@H]1c1ccccc1O2. The van der Waals surface area contributed by atoms with Gasteiger partial charge in [0.05, 0.1) is 22.8 Å². The van der Waals surface area contributed by atoms with Crippen molar-refractivity contribution < 1.29 is 27.1 Å². The monoisotopic (exact) mass is 428 g/mol. The Labute approximate surface area is 169 Å². The maximum atomic E-state index is 14.3. The number of piperidine rings is 1. The zero-order valence-electron chi connectivity index (χ0n) is 15.3. The Balaban J connectivity index is 1.87. The van der Waals surface area contributed by atoms with Crippen molar-refractivity contribution in [1.29, 1.82) is 0 Å². The molecule has 1 amide bonds. The minimum Gasteiger partial charge on any atom is -0.455 e. The fourth-order valence-corrected chi connectivity index (χ4v) is 4.29. The molecule has 1 saturated heterocycles. The lowest BCUT2D eigenvalue weighted by Crippen LogP contribution is -2.52. The first-order valence-corrected chi connectivity index (χ1v) is 9.46. The second-order valence-electron chi connectivity index (χ2n) is 7.14. The van der Waals surface area contributed by atoms with Crippen LogP contribution in [0.2, 0.25) is 5.02 Å². The zero-order valence-corrected chi connectivity index (χ0v) is 16.1. The van der Waals surface area contributed by atoms with Crippen molar-refractivity contribution in [2.45, 2.75) is 38.0 Å². The van der Waals surface area contributed by atoms with E-state index in [2.05, 4.69) is 5.32 Å². The largest absolute Gasteiger partial charge is 0.471 e. The Bertz CT molecular complexity index is 980. The van der Waals surface area contributed by atoms with Crippen LogP contribution in [0.3, 0.4) is 0 Å². The van der Waals surface area contributed by atoms with Crippen LogP contribution in [0.4, 0.5) is 23.2 Å². The van der Waals surface area contributed by atoms with Crippen LogP contribution < -0.4 is 15.0 Å². The number of alkyl halides is 3. The van der Waals surface area contributed by atoms with Gasteiger partial charge in [-0.25, -0.2) is 4.39 Å². The second-order valence-corrected chi connectivity index (χ2v) is 7.52. The first-order valence-electron chi connectivity index (χ1n) is 9.08. The Hall–Kier alpha value is -2.48. The molecule has 154 valence electrons. The molecule has 2 heterocycles. The summed E-state index contributed by atoms with van der Waals surface area (Å²) in [6.07, 6.45) is -4.11. The van der Waals surface area contributed by atoms with Crippen LogP contribution in [0, 0.1) is 12.7 Å². The van der Waals surface area contributed by atoms with E-state index in [0.717, 1.165) is 0 Å². The van der Waals surface area contributed by atoms with Crippen molar-refractivity contribution >= 4 is 23.2 Å². The van der Waals surface area contributed by atoms with Gasteiger partial charge in [0.25, 0.3) is 0 Å². The number of halogens is 5. The molecule has 9 heteroatoms. The van der Waals surface area contributed by atoms with Gasteiger partial charge in [0.1, 0.15) is 11.6 Å². The first-order chi connectivity index (χ1) is 13.7. The van der Waals surface area contributed by atoms with Gasteiger partial charge in [0.15, 0.2) is 5.75 Å². The van der Waals surface area contributed by atoms with E-state index in [9.17, 15) is 22.4 Å². The number of benzene rings is 2. The average molecular weight is 429 g/mol. The Morgan fingerprint density at radius 1 is 1.28 bits per heavy atom. The normalized spacial score (nSPS) is 20.7. The van der Waals surface area contributed by atoms with Gasteiger partial charge in [-0.15, -0.1) is 0 Å². The molecule has 2 aliphatic rings. The molecular formula is C20H17ClF4N2O2. The van der Waals surface area contributed by atoms with E-state index >= 15 is 0 Å². The van der Waals surface area contributed by atoms with Crippen LogP contribution in [0.1, 0.15) is 30.0 Å². The number of nitrogens with one attached hydrogen (secondary N) is 1. The van der Waals surface area contributed by atoms with E-state index < -0.39 is 30.0 Å². The fraction of sp³-hybridized carbons (Fsp3) is 0.350. The molecule has 2 aromatic carbocycles. The third-order valence-corrected chi connectivity index (χ3v) is 5.80. The number of hydrogen-bond acceptors (Lipinski definition) is 3. The minimum atomic E-state index is -4.99. The third-order valence-electron chi connectivity index (χ3n) is 5.34. The summed E-state index contributed by atoms with van der Waals surface area (Å²) in [7, 11) is 0. The van der Waals surface area contributed by atoms with Crippen molar-refractivity contribution in [3.63, 3.8) is 0 Å². The summed E-state index contributed by atoms with van der Waals surface area (Å²) in [5.41, 5.74) is 1.24. The molecule has 4 rings (SSSR count). The molecule has 2 aromatic rings. The molecule has 2 atom stereocenters. The summed E-state index contributed by atoms with van der Waals surface area (Å²) >= 11 is 6.45. The summed E-state index contributed by atoms with van der Waals surface area (Å²) in [5, 5.41) is 2.26. The Kier molecular flexibility index (Phi) is 4.85. The second kappa shape index (κ2) is 7.09. The van der Waals surface area contributed by atoms with Gasteiger partial charge in [0, 0.05) is 23.7 Å². The van der Waals surface area contributed by atoms with Gasteiger partial charge in [-0.2, -0.15) is 13.2 Å². The molecule has 4 nitrogen and oxygen atoms in total. The van der Waals surface area contributed by atoms with E-state index in [-0.39, 0.29) is 16.3 Å². The van der Waals surface area contributed by atoms with Crippen LogP contribution in [0.5, 0.6) is 11.5 Å². The predicted octanol–water partition coefficient (Wildman–Crippen LogP) is 5.28. The quantitative estimate of drug-likeness (QED) is 0.628. The number of hydrogen-bond donors (Lipinski definition) is 1. The molecular weight excluding hydrogens is 412 g/mol. The topological polar surface area (TPSA) is 41.6 Å². The zero-order chi connectivity index (χ0) is 20.9. The number of amides is 1. The van der Waals surface area contributed by atoms with Gasteiger partial charge >= 0.3 is 12.1 Å². The maximum Gasteiger partial charge on any atom is 0.471 e. The summed E-state index contributed by atoms with van der Waals surface area (Å²) in [6, 6.07) is 6.60. The number of carbonyl (C=O) groups is 1. The molecule has 0 bridgehead atoms. The average Bonchev–Trinajstić information content (AvgIpc) is 2.80. The highest BCUT2D eigenvalue weighted by atomic mass is 35.5. The summed E-state index contributed by atoms with van der Waals surface area (Å²) < 4.78 is 58.9. The molecule has 1 N–H and O–H groups in total. The number of rotatable bonds is 1. The fourth-order valence-electron chi connectivity index (χ4n) is 4.00. The van der Waals surface area contributed by atoms with Crippen LogP contribution >= 0.6 is 11.6 Å². The molecule has 29 heavy (non-hydrogen) atoms. The molecule has 1 unspecified atom stereocenters. The highest BCUT2D eigenvalue weighted by molar-refractivity contribution is 6.34. The van der Waals surface area contributed by atoms with E-state index in [4.69, 9.17) is 16.3 Å². The van der Waals surface area contributed by atoms with Crippen LogP contribution in [-0.2, 0) is 4.79 Å². The number of nitrogens with zero attached hydrogens (tertiary/aromatic N) is 1. The number of fused-ring (bicyclic) bond motifs is 5. The van der Waals surface area contributed by atoms with E-state index in [1.165, 1.54) is 13.0 Å². The standard InChI is InChI=1S/C20H17ClF4N2O2/c1-10-12(22)9-15-18(16(10)21)27-8-4-6-13(26-19(28)20(23,24)25)17(27)11-5-2-3-7-14(11)29-15/h2-3,5,7,9,13,17H,4,6,8H2,1H3,(H,26,28)/t13?,17-/m1/s1. The number of para-hydroxylation sites is 1. The summed E-state index contributed by atoms with van der Waals surface area (Å²) in [6.45, 7) is 2.00. The van der Waals surface area contributed by atoms with Crippen molar-refractivity contribution in [2.24, 2.45) is 0 Å². The van der Waals surface area contributed by atoms with Crippen molar-refractivity contribution in [3.8, 4) is 11.5 Å². The highest BCUT2D eigenvalue weighted by Gasteiger charge is 2.45. The maximum absolute atomic E-state index is 14.3. The van der Waals surface area contributed by atoms with Gasteiger partial charge in [0.2, 0.25) is 0 Å². The third kappa shape index (κ3) is 3.39. The number of carbonyl (C=O) groups excluding carboxylic acids is 1. The first kappa shape index (κ1) is 19.8. The molecule has 0 spiro atoms. The molecule has 1 fully saturated rings. The van der Waals surface area contributed by atoms with Crippen LogP contribution in [0.25, 0.3) is 0 Å². The summed E-state index contributed by atoms with van der Waals surface area (Å²) in [4.78, 5) is 13.5. The molecule has 0 aromatic heterocycles. The van der Waals surface area contributed by atoms with Gasteiger partial charge < -0.3 is 15.0 Å². The number of anilines is 1. The van der Waals surface area contributed by atoms with Gasteiger partial charge in [-0.05, 0) is 25.8 Å². The minimum absolute atomic E-state index is 0.139. The van der Waals surface area contributed by atoms with Crippen molar-refractivity contribution in [3.05, 3.63) is 52.3 Å². The highest BCUT2D eigenvalue weighted by Crippen LogP contribution is 2.51. The lowest BCUT2D eigenvalue weighted by molar-refractivity contribution is -0.174. The molecule has 0 aliphatic carbocycles. The van der Waals surface area contributed by atoms with E-state index in [1.807, 2.05) is 0 Å². The van der Waals surface area contributed by atoms with Crippen molar-refractivity contribution in [1.82, 2.24) is 5.32 Å². The van der Waals surface area contributed by atoms with E-state index in [0.29, 0.717) is 36.4 Å².